The number of oxazole rings is 1. The van der Waals surface area contributed by atoms with Crippen molar-refractivity contribution in [3.8, 4) is 16.8 Å². The minimum atomic E-state index is 0.112. The van der Waals surface area contributed by atoms with Crippen molar-refractivity contribution in [3.05, 3.63) is 23.2 Å². The molecule has 0 amide bonds. The Hall–Kier alpha value is -1.84. The van der Waals surface area contributed by atoms with Crippen molar-refractivity contribution in [1.29, 1.82) is 5.26 Å². The maximum atomic E-state index is 9.26. The number of hydrogen-bond donors (Lipinski definition) is 0. The van der Waals surface area contributed by atoms with Gasteiger partial charge in [-0.15, -0.1) is 11.3 Å². The molecule has 0 aromatic carbocycles. The van der Waals surface area contributed by atoms with Gasteiger partial charge >= 0.3 is 0 Å². The number of nitrogens with zero attached hydrogens (tertiary/aromatic N) is 3. The molecule has 0 radical (unpaired) electrons. The maximum absolute atomic E-state index is 9.26. The first-order valence-corrected chi connectivity index (χ1v) is 7.40. The molecule has 0 bridgehead atoms. The zero-order chi connectivity index (χ0) is 14.1. The van der Waals surface area contributed by atoms with Gasteiger partial charge < -0.3 is 14.1 Å². The predicted molar refractivity (Wildman–Crippen MR) is 76.8 cm³/mol. The molecule has 0 unspecified atom stereocenters. The van der Waals surface area contributed by atoms with Crippen molar-refractivity contribution in [1.82, 2.24) is 4.98 Å². The third-order valence-corrected chi connectivity index (χ3v) is 4.01. The molecule has 3 rings (SSSR count). The number of morpholine rings is 1. The van der Waals surface area contributed by atoms with E-state index < -0.39 is 0 Å². The van der Waals surface area contributed by atoms with Crippen LogP contribution in [-0.2, 0) is 4.74 Å². The summed E-state index contributed by atoms with van der Waals surface area (Å²) in [4.78, 5) is 7.27. The molecule has 5 nitrogen and oxygen atoms in total. The highest BCUT2D eigenvalue weighted by Gasteiger charge is 2.28. The van der Waals surface area contributed by atoms with Crippen molar-refractivity contribution in [3.63, 3.8) is 0 Å². The molecule has 2 aromatic rings. The summed E-state index contributed by atoms with van der Waals surface area (Å²) in [6, 6.07) is 6.00. The Kier molecular flexibility index (Phi) is 3.47. The number of anilines is 1. The Bertz CT molecular complexity index is 619. The average molecular weight is 289 g/mol. The SMILES string of the molecule is C[C@H]1CN(c2oc(-c3cccs3)nc2C#N)C[C@H](C)O1. The van der Waals surface area contributed by atoms with E-state index in [1.165, 1.54) is 0 Å². The average Bonchev–Trinajstić information content (AvgIpc) is 3.06. The van der Waals surface area contributed by atoms with Crippen LogP contribution in [0.1, 0.15) is 19.5 Å². The van der Waals surface area contributed by atoms with Gasteiger partial charge in [-0.05, 0) is 25.3 Å². The van der Waals surface area contributed by atoms with Crippen LogP contribution in [-0.4, -0.2) is 30.3 Å². The standard InChI is InChI=1S/C14H15N3O2S/c1-9-7-17(8-10(2)18-9)14-11(6-15)16-13(19-14)12-4-3-5-20-12/h3-5,9-10H,7-8H2,1-2H3/t9-,10-/m0/s1. The summed E-state index contributed by atoms with van der Waals surface area (Å²) in [5.41, 5.74) is 0.342. The Labute approximate surface area is 121 Å². The summed E-state index contributed by atoms with van der Waals surface area (Å²) in [6.07, 6.45) is 0.223. The van der Waals surface area contributed by atoms with Gasteiger partial charge in [-0.25, -0.2) is 0 Å². The van der Waals surface area contributed by atoms with Gasteiger partial charge in [0.25, 0.3) is 0 Å². The molecule has 0 spiro atoms. The summed E-state index contributed by atoms with van der Waals surface area (Å²) in [5.74, 6) is 1.07. The lowest BCUT2D eigenvalue weighted by Crippen LogP contribution is -2.45. The second-order valence-corrected chi connectivity index (χ2v) is 5.87. The summed E-state index contributed by atoms with van der Waals surface area (Å²) >= 11 is 1.55. The molecule has 6 heteroatoms. The van der Waals surface area contributed by atoms with E-state index in [0.717, 1.165) is 4.88 Å². The van der Waals surface area contributed by atoms with Crippen LogP contribution >= 0.6 is 11.3 Å². The molecule has 104 valence electrons. The smallest absolute Gasteiger partial charge is 0.240 e. The number of ether oxygens (including phenoxy) is 1. The third kappa shape index (κ3) is 2.42. The van der Waals surface area contributed by atoms with Gasteiger partial charge in [0.2, 0.25) is 17.5 Å². The van der Waals surface area contributed by atoms with E-state index in [4.69, 9.17) is 9.15 Å². The highest BCUT2D eigenvalue weighted by Crippen LogP contribution is 2.31. The van der Waals surface area contributed by atoms with Crippen molar-refractivity contribution in [2.75, 3.05) is 18.0 Å². The molecule has 3 heterocycles. The van der Waals surface area contributed by atoms with Crippen LogP contribution in [0.25, 0.3) is 10.8 Å². The Balaban J connectivity index is 1.95. The monoisotopic (exact) mass is 289 g/mol. The van der Waals surface area contributed by atoms with Gasteiger partial charge in [0.1, 0.15) is 6.07 Å². The van der Waals surface area contributed by atoms with Crippen LogP contribution in [0.15, 0.2) is 21.9 Å². The summed E-state index contributed by atoms with van der Waals surface area (Å²) in [7, 11) is 0. The number of rotatable bonds is 2. The molecule has 1 fully saturated rings. The zero-order valence-corrected chi connectivity index (χ0v) is 12.2. The van der Waals surface area contributed by atoms with Crippen LogP contribution in [0.2, 0.25) is 0 Å². The molecule has 0 N–H and O–H groups in total. The van der Waals surface area contributed by atoms with Crippen LogP contribution in [0, 0.1) is 11.3 Å². The second kappa shape index (κ2) is 5.27. The van der Waals surface area contributed by atoms with E-state index in [1.54, 1.807) is 11.3 Å². The van der Waals surface area contributed by atoms with Gasteiger partial charge in [0.15, 0.2) is 0 Å². The molecule has 1 aliphatic heterocycles. The van der Waals surface area contributed by atoms with Gasteiger partial charge in [-0.2, -0.15) is 10.2 Å². The van der Waals surface area contributed by atoms with Crippen molar-refractivity contribution < 1.29 is 9.15 Å². The fourth-order valence-electron chi connectivity index (χ4n) is 2.45. The Morgan fingerprint density at radius 3 is 2.75 bits per heavy atom. The van der Waals surface area contributed by atoms with Crippen LogP contribution in [0.4, 0.5) is 5.88 Å². The van der Waals surface area contributed by atoms with Crippen LogP contribution < -0.4 is 4.90 Å². The van der Waals surface area contributed by atoms with E-state index in [0.29, 0.717) is 30.6 Å². The summed E-state index contributed by atoms with van der Waals surface area (Å²) in [6.45, 7) is 5.45. The van der Waals surface area contributed by atoms with Crippen molar-refractivity contribution in [2.24, 2.45) is 0 Å². The predicted octanol–water partition coefficient (Wildman–Crippen LogP) is 2.89. The quantitative estimate of drug-likeness (QED) is 0.850. The molecular weight excluding hydrogens is 274 g/mol. The molecule has 2 aromatic heterocycles. The topological polar surface area (TPSA) is 62.3 Å². The largest absolute Gasteiger partial charge is 0.418 e. The molecule has 0 saturated carbocycles. The van der Waals surface area contributed by atoms with Crippen LogP contribution in [0.3, 0.4) is 0 Å². The highest BCUT2D eigenvalue weighted by molar-refractivity contribution is 7.13. The number of thiophene rings is 1. The lowest BCUT2D eigenvalue weighted by molar-refractivity contribution is -0.00638. The summed E-state index contributed by atoms with van der Waals surface area (Å²) in [5, 5.41) is 11.2. The minimum Gasteiger partial charge on any atom is -0.418 e. The van der Waals surface area contributed by atoms with Crippen LogP contribution in [0.5, 0.6) is 0 Å². The fourth-order valence-corrected chi connectivity index (χ4v) is 3.10. The second-order valence-electron chi connectivity index (χ2n) is 4.92. The van der Waals surface area contributed by atoms with E-state index in [-0.39, 0.29) is 12.2 Å². The molecule has 1 aliphatic rings. The van der Waals surface area contributed by atoms with E-state index in [1.807, 2.05) is 36.3 Å². The van der Waals surface area contributed by atoms with Crippen molar-refractivity contribution >= 4 is 17.2 Å². The number of hydrogen-bond acceptors (Lipinski definition) is 6. The number of nitriles is 1. The van der Waals surface area contributed by atoms with Crippen molar-refractivity contribution in [2.45, 2.75) is 26.1 Å². The molecular formula is C14H15N3O2S. The summed E-state index contributed by atoms with van der Waals surface area (Å²) < 4.78 is 11.5. The van der Waals surface area contributed by atoms with Gasteiger partial charge in [0.05, 0.1) is 17.1 Å². The third-order valence-electron chi connectivity index (χ3n) is 3.15. The Morgan fingerprint density at radius 1 is 1.40 bits per heavy atom. The first kappa shape index (κ1) is 13.2. The lowest BCUT2D eigenvalue weighted by atomic mass is 10.2. The molecule has 20 heavy (non-hydrogen) atoms. The lowest BCUT2D eigenvalue weighted by Gasteiger charge is -2.34. The maximum Gasteiger partial charge on any atom is 0.240 e. The zero-order valence-electron chi connectivity index (χ0n) is 11.4. The van der Waals surface area contributed by atoms with E-state index >= 15 is 0 Å². The van der Waals surface area contributed by atoms with Gasteiger partial charge in [0, 0.05) is 13.1 Å². The molecule has 2 atom stereocenters. The number of aromatic nitrogens is 1. The minimum absolute atomic E-state index is 0.112. The fraction of sp³-hybridized carbons (Fsp3) is 0.429. The van der Waals surface area contributed by atoms with E-state index in [9.17, 15) is 5.26 Å². The highest BCUT2D eigenvalue weighted by atomic mass is 32.1. The van der Waals surface area contributed by atoms with Gasteiger partial charge in [-0.1, -0.05) is 6.07 Å². The first-order valence-electron chi connectivity index (χ1n) is 6.52. The first-order chi connectivity index (χ1) is 9.67. The normalized spacial score (nSPS) is 22.8. The van der Waals surface area contributed by atoms with E-state index in [2.05, 4.69) is 11.1 Å². The Morgan fingerprint density at radius 2 is 2.15 bits per heavy atom. The molecule has 0 aliphatic carbocycles. The van der Waals surface area contributed by atoms with Gasteiger partial charge in [-0.3, -0.25) is 0 Å². The molecule has 1 saturated heterocycles.